The molecular weight excluding hydrogens is 608 g/mol. The standard InChI is InChI=1S/C39H36N2O7/c1-40(37(42)25-15-18-28(46-2)19-16-25)23-34-36(31-9-5-8-30-29(31)7-6-10-35(30)47-3)32-20-17-27(38(43)44)21-33(32)41(34)22-24-11-13-26(14-12-24)39(45)48-4/h6-7,9-21H,5,8,22-23H2,1-4H3,(H,43,44). The van der Waals surface area contributed by atoms with Gasteiger partial charge in [-0.2, -0.15) is 0 Å². The van der Waals surface area contributed by atoms with Crippen LogP contribution in [-0.2, 0) is 24.2 Å². The highest BCUT2D eigenvalue weighted by atomic mass is 16.5. The van der Waals surface area contributed by atoms with Crippen molar-refractivity contribution < 1.29 is 33.7 Å². The minimum absolute atomic E-state index is 0.155. The summed E-state index contributed by atoms with van der Waals surface area (Å²) in [6, 6.07) is 25.3. The summed E-state index contributed by atoms with van der Waals surface area (Å²) in [5, 5.41) is 10.9. The molecule has 9 heteroatoms. The van der Waals surface area contributed by atoms with Crippen LogP contribution in [0.5, 0.6) is 11.5 Å². The molecule has 0 unspecified atom stereocenters. The summed E-state index contributed by atoms with van der Waals surface area (Å²) in [4.78, 5) is 39.8. The number of carboxylic acid groups (broad SMARTS) is 1. The zero-order valence-electron chi connectivity index (χ0n) is 27.3. The van der Waals surface area contributed by atoms with Crippen molar-refractivity contribution in [1.82, 2.24) is 9.47 Å². The Labute approximate surface area is 278 Å². The van der Waals surface area contributed by atoms with Crippen molar-refractivity contribution >= 4 is 34.3 Å². The topological polar surface area (TPSA) is 107 Å². The average molecular weight is 645 g/mol. The Morgan fingerprint density at radius 1 is 0.854 bits per heavy atom. The molecule has 0 atom stereocenters. The van der Waals surface area contributed by atoms with Gasteiger partial charge in [0.15, 0.2) is 0 Å². The zero-order valence-corrected chi connectivity index (χ0v) is 27.3. The quantitative estimate of drug-likeness (QED) is 0.166. The van der Waals surface area contributed by atoms with Gasteiger partial charge in [0.1, 0.15) is 11.5 Å². The lowest BCUT2D eigenvalue weighted by atomic mass is 9.85. The van der Waals surface area contributed by atoms with Crippen molar-refractivity contribution in [3.8, 4) is 11.5 Å². The van der Waals surface area contributed by atoms with E-state index in [2.05, 4.69) is 16.7 Å². The fraction of sp³-hybridized carbons (Fsp3) is 0.205. The number of aromatic nitrogens is 1. The van der Waals surface area contributed by atoms with E-state index >= 15 is 0 Å². The molecule has 1 aromatic heterocycles. The predicted octanol–water partition coefficient (Wildman–Crippen LogP) is 6.84. The third-order valence-corrected chi connectivity index (χ3v) is 8.86. The van der Waals surface area contributed by atoms with E-state index in [0.29, 0.717) is 23.4 Å². The Balaban J connectivity index is 1.56. The van der Waals surface area contributed by atoms with Crippen LogP contribution in [0.25, 0.3) is 16.5 Å². The Hall–Kier alpha value is -5.83. The number of allylic oxidation sites excluding steroid dienone is 1. The Morgan fingerprint density at radius 2 is 1.56 bits per heavy atom. The number of hydrogen-bond acceptors (Lipinski definition) is 6. The summed E-state index contributed by atoms with van der Waals surface area (Å²) in [5.74, 6) is -0.168. The number of methoxy groups -OCH3 is 3. The molecule has 0 saturated carbocycles. The summed E-state index contributed by atoms with van der Waals surface area (Å²) in [6.07, 6.45) is 3.83. The van der Waals surface area contributed by atoms with Crippen molar-refractivity contribution in [3.63, 3.8) is 0 Å². The van der Waals surface area contributed by atoms with Gasteiger partial charge in [0.05, 0.1) is 44.5 Å². The van der Waals surface area contributed by atoms with E-state index in [1.165, 1.54) is 7.11 Å². The highest BCUT2D eigenvalue weighted by molar-refractivity contribution is 6.03. The van der Waals surface area contributed by atoms with E-state index in [0.717, 1.165) is 63.0 Å². The van der Waals surface area contributed by atoms with E-state index < -0.39 is 11.9 Å². The number of nitrogens with zero attached hydrogens (tertiary/aromatic N) is 2. The first-order chi connectivity index (χ1) is 23.2. The van der Waals surface area contributed by atoms with Crippen LogP contribution in [0.1, 0.15) is 65.4 Å². The molecule has 0 bridgehead atoms. The first kappa shape index (κ1) is 32.1. The molecule has 0 radical (unpaired) electrons. The molecule has 1 amide bonds. The average Bonchev–Trinajstić information content (AvgIpc) is 3.41. The van der Waals surface area contributed by atoms with Crippen LogP contribution in [0.2, 0.25) is 0 Å². The maximum atomic E-state index is 13.8. The lowest BCUT2D eigenvalue weighted by Gasteiger charge is -2.24. The number of carboxylic acids is 1. The van der Waals surface area contributed by atoms with E-state index in [9.17, 15) is 19.5 Å². The number of hydrogen-bond donors (Lipinski definition) is 1. The molecule has 1 aliphatic rings. The van der Waals surface area contributed by atoms with Crippen LogP contribution < -0.4 is 9.47 Å². The van der Waals surface area contributed by atoms with Crippen molar-refractivity contribution in [1.29, 1.82) is 0 Å². The van der Waals surface area contributed by atoms with Crippen molar-refractivity contribution in [3.05, 3.63) is 136 Å². The number of carbonyl (C=O) groups is 3. The fourth-order valence-electron chi connectivity index (χ4n) is 6.45. The first-order valence-corrected chi connectivity index (χ1v) is 15.6. The molecule has 0 spiro atoms. The lowest BCUT2D eigenvalue weighted by Crippen LogP contribution is -2.28. The summed E-state index contributed by atoms with van der Waals surface area (Å²) in [7, 11) is 6.35. The number of esters is 1. The maximum Gasteiger partial charge on any atom is 0.337 e. The van der Waals surface area contributed by atoms with Gasteiger partial charge in [0.2, 0.25) is 0 Å². The molecule has 0 aliphatic heterocycles. The molecule has 1 N–H and O–H groups in total. The van der Waals surface area contributed by atoms with Crippen LogP contribution in [-0.4, -0.2) is 60.8 Å². The van der Waals surface area contributed by atoms with E-state index in [1.54, 1.807) is 74.7 Å². The number of fused-ring (bicyclic) bond motifs is 2. The normalized spacial score (nSPS) is 12.2. The van der Waals surface area contributed by atoms with Gasteiger partial charge in [-0.3, -0.25) is 4.79 Å². The maximum absolute atomic E-state index is 13.8. The van der Waals surface area contributed by atoms with E-state index in [4.69, 9.17) is 14.2 Å². The number of amides is 1. The predicted molar refractivity (Wildman–Crippen MR) is 183 cm³/mol. The van der Waals surface area contributed by atoms with Crippen LogP contribution in [0, 0.1) is 0 Å². The monoisotopic (exact) mass is 644 g/mol. The minimum Gasteiger partial charge on any atom is -0.497 e. The van der Waals surface area contributed by atoms with Gasteiger partial charge < -0.3 is 28.8 Å². The summed E-state index contributed by atoms with van der Waals surface area (Å²) >= 11 is 0. The van der Waals surface area contributed by atoms with Gasteiger partial charge >= 0.3 is 11.9 Å². The third-order valence-electron chi connectivity index (χ3n) is 8.86. The summed E-state index contributed by atoms with van der Waals surface area (Å²) < 4.78 is 18.0. The summed E-state index contributed by atoms with van der Waals surface area (Å²) in [6.45, 7) is 0.591. The molecule has 1 aliphatic carbocycles. The second kappa shape index (κ2) is 13.5. The molecule has 48 heavy (non-hydrogen) atoms. The van der Waals surface area contributed by atoms with Crippen LogP contribution in [0.4, 0.5) is 0 Å². The number of aromatic carboxylic acids is 1. The van der Waals surface area contributed by atoms with Gasteiger partial charge in [0, 0.05) is 41.4 Å². The molecule has 1 heterocycles. The Morgan fingerprint density at radius 3 is 2.23 bits per heavy atom. The van der Waals surface area contributed by atoms with Gasteiger partial charge in [-0.25, -0.2) is 9.59 Å². The molecule has 6 rings (SSSR count). The molecular formula is C39H36N2O7. The van der Waals surface area contributed by atoms with Crippen LogP contribution in [0.15, 0.2) is 91.0 Å². The van der Waals surface area contributed by atoms with Gasteiger partial charge in [-0.15, -0.1) is 0 Å². The van der Waals surface area contributed by atoms with Gasteiger partial charge in [-0.05, 0) is 84.1 Å². The minimum atomic E-state index is -1.03. The van der Waals surface area contributed by atoms with Crippen molar-refractivity contribution in [2.75, 3.05) is 28.4 Å². The third kappa shape index (κ3) is 6.02. The molecule has 0 fully saturated rings. The highest BCUT2D eigenvalue weighted by Crippen LogP contribution is 2.42. The second-order valence-corrected chi connectivity index (χ2v) is 11.7. The highest BCUT2D eigenvalue weighted by Gasteiger charge is 2.28. The number of benzene rings is 4. The van der Waals surface area contributed by atoms with Crippen LogP contribution in [0.3, 0.4) is 0 Å². The van der Waals surface area contributed by atoms with E-state index in [1.807, 2.05) is 30.3 Å². The molecule has 4 aromatic carbocycles. The molecule has 5 aromatic rings. The van der Waals surface area contributed by atoms with Crippen LogP contribution >= 0.6 is 0 Å². The largest absolute Gasteiger partial charge is 0.497 e. The summed E-state index contributed by atoms with van der Waals surface area (Å²) in [5.41, 5.74) is 7.62. The Kier molecular flexibility index (Phi) is 9.03. The number of carbonyl (C=O) groups excluding carboxylic acids is 2. The van der Waals surface area contributed by atoms with Crippen molar-refractivity contribution in [2.45, 2.75) is 25.9 Å². The van der Waals surface area contributed by atoms with E-state index in [-0.39, 0.29) is 18.0 Å². The first-order valence-electron chi connectivity index (χ1n) is 15.6. The number of rotatable bonds is 10. The zero-order chi connectivity index (χ0) is 33.9. The smallest absolute Gasteiger partial charge is 0.337 e. The SMILES string of the molecule is COC(=O)c1ccc(Cn2c(CN(C)C(=O)c3ccc(OC)cc3)c(C3=CCCc4c(OC)cccc43)c3ccc(C(=O)O)cc32)cc1. The fourth-order valence-corrected chi connectivity index (χ4v) is 6.45. The Bertz CT molecular complexity index is 2060. The van der Waals surface area contributed by atoms with Gasteiger partial charge in [0.25, 0.3) is 5.91 Å². The van der Waals surface area contributed by atoms with Crippen molar-refractivity contribution in [2.24, 2.45) is 0 Å². The molecule has 244 valence electrons. The molecule has 9 nitrogen and oxygen atoms in total. The number of ether oxygens (including phenoxy) is 3. The lowest BCUT2D eigenvalue weighted by molar-refractivity contribution is 0.0599. The second-order valence-electron chi connectivity index (χ2n) is 11.7. The van der Waals surface area contributed by atoms with Gasteiger partial charge in [-0.1, -0.05) is 36.4 Å². The molecule has 0 saturated heterocycles.